The van der Waals surface area contributed by atoms with Crippen molar-refractivity contribution in [1.82, 2.24) is 0 Å². The van der Waals surface area contributed by atoms with Gasteiger partial charge in [0.2, 0.25) is 0 Å². The van der Waals surface area contributed by atoms with Gasteiger partial charge in [-0.05, 0) is 11.5 Å². The monoisotopic (exact) mass is 303 g/mol. The summed E-state index contributed by atoms with van der Waals surface area (Å²) in [6.45, 7) is 0.993. The molecule has 6 heteroatoms. The van der Waals surface area contributed by atoms with Gasteiger partial charge in [0.05, 0.1) is 5.69 Å². The standard InChI is InChI=1S/C13H9NO2S.C2H4O2/c15-11(16)7-14-10-6-2-4-8-3-1-5-9(12(8)10)13(14)17;1-2(3)4/h1-6H,7H2,(H,15,16);1H3,(H,3,4). The zero-order chi connectivity index (χ0) is 15.6. The lowest BCUT2D eigenvalue weighted by molar-refractivity contribution is -0.135. The minimum Gasteiger partial charge on any atom is -0.481 e. The first-order valence-corrected chi connectivity index (χ1v) is 6.57. The van der Waals surface area contributed by atoms with E-state index in [0.717, 1.165) is 28.9 Å². The molecule has 3 rings (SSSR count). The number of nitrogens with zero attached hydrogens (tertiary/aromatic N) is 1. The van der Waals surface area contributed by atoms with Gasteiger partial charge in [0.1, 0.15) is 11.5 Å². The molecule has 1 heterocycles. The summed E-state index contributed by atoms with van der Waals surface area (Å²) in [6, 6.07) is 11.7. The van der Waals surface area contributed by atoms with Gasteiger partial charge in [-0.3, -0.25) is 9.59 Å². The highest BCUT2D eigenvalue weighted by Gasteiger charge is 2.27. The number of rotatable bonds is 2. The van der Waals surface area contributed by atoms with Crippen LogP contribution in [0.25, 0.3) is 10.8 Å². The maximum absolute atomic E-state index is 10.9. The number of carbonyl (C=O) groups is 2. The number of hydrogen-bond acceptors (Lipinski definition) is 3. The first-order chi connectivity index (χ1) is 9.91. The number of anilines is 1. The van der Waals surface area contributed by atoms with E-state index in [1.165, 1.54) is 0 Å². The molecule has 0 saturated carbocycles. The first-order valence-electron chi connectivity index (χ1n) is 6.16. The van der Waals surface area contributed by atoms with E-state index >= 15 is 0 Å². The number of hydrogen-bond donors (Lipinski definition) is 2. The van der Waals surface area contributed by atoms with E-state index in [0.29, 0.717) is 4.99 Å². The summed E-state index contributed by atoms with van der Waals surface area (Å²) in [6.07, 6.45) is 0. The van der Waals surface area contributed by atoms with Gasteiger partial charge in [-0.1, -0.05) is 42.5 Å². The van der Waals surface area contributed by atoms with Crippen molar-refractivity contribution in [3.8, 4) is 0 Å². The fourth-order valence-corrected chi connectivity index (χ4v) is 2.60. The van der Waals surface area contributed by atoms with Crippen LogP contribution in [0.15, 0.2) is 36.4 Å². The third kappa shape index (κ3) is 3.00. The topological polar surface area (TPSA) is 77.8 Å². The Morgan fingerprint density at radius 1 is 1.14 bits per heavy atom. The molecule has 0 aliphatic carbocycles. The molecule has 1 aliphatic heterocycles. The third-order valence-electron chi connectivity index (χ3n) is 2.94. The Bertz CT molecular complexity index is 732. The lowest BCUT2D eigenvalue weighted by Gasteiger charge is -2.16. The lowest BCUT2D eigenvalue weighted by Crippen LogP contribution is -2.31. The Morgan fingerprint density at radius 2 is 1.71 bits per heavy atom. The Balaban J connectivity index is 0.000000361. The van der Waals surface area contributed by atoms with Crippen LogP contribution in [0, 0.1) is 0 Å². The fraction of sp³-hybridized carbons (Fsp3) is 0.133. The van der Waals surface area contributed by atoms with Gasteiger partial charge < -0.3 is 15.1 Å². The highest BCUT2D eigenvalue weighted by molar-refractivity contribution is 7.81. The van der Waals surface area contributed by atoms with Gasteiger partial charge in [0, 0.05) is 17.9 Å². The van der Waals surface area contributed by atoms with Gasteiger partial charge in [0.15, 0.2) is 0 Å². The molecule has 5 nitrogen and oxygen atoms in total. The maximum Gasteiger partial charge on any atom is 0.323 e. The van der Waals surface area contributed by atoms with Crippen LogP contribution in [-0.4, -0.2) is 33.7 Å². The fourth-order valence-electron chi connectivity index (χ4n) is 2.27. The Hall–Kier alpha value is -2.47. The van der Waals surface area contributed by atoms with Crippen molar-refractivity contribution in [2.24, 2.45) is 0 Å². The molecule has 0 radical (unpaired) electrons. The molecule has 2 aromatic rings. The van der Waals surface area contributed by atoms with Crippen LogP contribution < -0.4 is 4.90 Å². The summed E-state index contributed by atoms with van der Waals surface area (Å²) in [5.41, 5.74) is 1.85. The first kappa shape index (κ1) is 14.9. The van der Waals surface area contributed by atoms with E-state index in [1.54, 1.807) is 4.90 Å². The number of carboxylic acid groups (broad SMARTS) is 2. The SMILES string of the molecule is CC(=O)O.O=C(O)CN1C(=S)c2cccc3cccc1c23. The predicted molar refractivity (Wildman–Crippen MR) is 83.9 cm³/mol. The smallest absolute Gasteiger partial charge is 0.323 e. The van der Waals surface area contributed by atoms with Gasteiger partial charge in [-0.2, -0.15) is 0 Å². The van der Waals surface area contributed by atoms with Crippen LogP contribution in [0.4, 0.5) is 5.69 Å². The quantitative estimate of drug-likeness (QED) is 0.830. The summed E-state index contributed by atoms with van der Waals surface area (Å²) in [5, 5.41) is 18.5. The largest absolute Gasteiger partial charge is 0.481 e. The van der Waals surface area contributed by atoms with Gasteiger partial charge in [-0.25, -0.2) is 0 Å². The van der Waals surface area contributed by atoms with Crippen LogP contribution in [-0.2, 0) is 9.59 Å². The molecule has 2 aromatic carbocycles. The molecule has 0 atom stereocenters. The van der Waals surface area contributed by atoms with E-state index in [2.05, 4.69) is 0 Å². The average molecular weight is 303 g/mol. The van der Waals surface area contributed by atoms with E-state index in [1.807, 2.05) is 36.4 Å². The van der Waals surface area contributed by atoms with Crippen LogP contribution in [0.5, 0.6) is 0 Å². The summed E-state index contributed by atoms with van der Waals surface area (Å²) >= 11 is 5.34. The summed E-state index contributed by atoms with van der Waals surface area (Å²) in [7, 11) is 0. The molecule has 0 bridgehead atoms. The second-order valence-electron chi connectivity index (χ2n) is 4.48. The number of carboxylic acids is 2. The van der Waals surface area contributed by atoms with Gasteiger partial charge in [0.25, 0.3) is 5.97 Å². The van der Waals surface area contributed by atoms with Crippen molar-refractivity contribution in [1.29, 1.82) is 0 Å². The minimum absolute atomic E-state index is 0.0906. The van der Waals surface area contributed by atoms with E-state index in [-0.39, 0.29) is 6.54 Å². The van der Waals surface area contributed by atoms with E-state index in [9.17, 15) is 4.79 Å². The summed E-state index contributed by atoms with van der Waals surface area (Å²) in [5.74, 6) is -1.71. The zero-order valence-electron chi connectivity index (χ0n) is 11.2. The second kappa shape index (κ2) is 5.88. The summed E-state index contributed by atoms with van der Waals surface area (Å²) < 4.78 is 0. The molecule has 0 fully saturated rings. The predicted octanol–water partition coefficient (Wildman–Crippen LogP) is 2.51. The Kier molecular flexibility index (Phi) is 4.18. The van der Waals surface area contributed by atoms with Crippen LogP contribution in [0.3, 0.4) is 0 Å². The number of aliphatic carboxylic acids is 2. The third-order valence-corrected chi connectivity index (χ3v) is 3.38. The lowest BCUT2D eigenvalue weighted by atomic mass is 10.1. The normalized spacial score (nSPS) is 12.0. The second-order valence-corrected chi connectivity index (χ2v) is 4.87. The highest BCUT2D eigenvalue weighted by Crippen LogP contribution is 2.37. The van der Waals surface area contributed by atoms with Crippen molar-refractivity contribution in [2.45, 2.75) is 6.92 Å². The number of benzene rings is 2. The molecule has 2 N–H and O–H groups in total. The van der Waals surface area contributed by atoms with Crippen molar-refractivity contribution in [3.05, 3.63) is 42.0 Å². The molecule has 0 saturated heterocycles. The Labute approximate surface area is 126 Å². The summed E-state index contributed by atoms with van der Waals surface area (Å²) in [4.78, 5) is 22.1. The molecular formula is C15H13NO4S. The molecule has 108 valence electrons. The minimum atomic E-state index is -0.878. The molecular weight excluding hydrogens is 290 g/mol. The molecule has 0 aromatic heterocycles. The van der Waals surface area contributed by atoms with Crippen LogP contribution in [0.1, 0.15) is 12.5 Å². The maximum atomic E-state index is 10.9. The highest BCUT2D eigenvalue weighted by atomic mass is 32.1. The molecule has 0 unspecified atom stereocenters. The van der Waals surface area contributed by atoms with Crippen molar-refractivity contribution in [3.63, 3.8) is 0 Å². The van der Waals surface area contributed by atoms with Gasteiger partial charge in [-0.15, -0.1) is 0 Å². The molecule has 21 heavy (non-hydrogen) atoms. The van der Waals surface area contributed by atoms with Crippen LogP contribution >= 0.6 is 12.2 Å². The average Bonchev–Trinajstić information content (AvgIpc) is 2.66. The molecule has 0 amide bonds. The van der Waals surface area contributed by atoms with Crippen molar-refractivity contribution in [2.75, 3.05) is 11.4 Å². The Morgan fingerprint density at radius 3 is 2.29 bits per heavy atom. The molecule has 1 aliphatic rings. The van der Waals surface area contributed by atoms with Crippen molar-refractivity contribution >= 4 is 45.6 Å². The van der Waals surface area contributed by atoms with Crippen LogP contribution in [0.2, 0.25) is 0 Å². The number of thiocarbonyl (C=S) groups is 1. The van der Waals surface area contributed by atoms with E-state index < -0.39 is 11.9 Å². The van der Waals surface area contributed by atoms with E-state index in [4.69, 9.17) is 27.2 Å². The molecule has 0 spiro atoms. The van der Waals surface area contributed by atoms with Crippen molar-refractivity contribution < 1.29 is 19.8 Å². The van der Waals surface area contributed by atoms with Gasteiger partial charge >= 0.3 is 5.97 Å². The zero-order valence-corrected chi connectivity index (χ0v) is 12.1.